The largest absolute Gasteiger partial charge is 0.356 e. The minimum absolute atomic E-state index is 0.0510. The Morgan fingerprint density at radius 1 is 0.771 bits per heavy atom. The summed E-state index contributed by atoms with van der Waals surface area (Å²) in [5.41, 5.74) is 8.88. The van der Waals surface area contributed by atoms with Crippen molar-refractivity contribution in [2.75, 3.05) is 5.32 Å². The Hall–Kier alpha value is -3.32. The summed E-state index contributed by atoms with van der Waals surface area (Å²) in [6.45, 7) is 7.52. The molecule has 0 saturated heterocycles. The molecule has 3 aliphatic carbocycles. The van der Waals surface area contributed by atoms with Crippen molar-refractivity contribution < 1.29 is 6.85 Å². The lowest BCUT2D eigenvalue weighted by molar-refractivity contribution is 0.0990. The van der Waals surface area contributed by atoms with Crippen LogP contribution < -0.4 is 5.32 Å². The highest BCUT2D eigenvalue weighted by Crippen LogP contribution is 2.77. The zero-order valence-corrected chi connectivity index (χ0v) is 20.5. The molecule has 1 spiro atoms. The second-order valence-electron chi connectivity index (χ2n) is 11.4. The summed E-state index contributed by atoms with van der Waals surface area (Å²) in [6.07, 6.45) is 3.80. The predicted molar refractivity (Wildman–Crippen MR) is 147 cm³/mol. The molecule has 0 amide bonds. The van der Waals surface area contributed by atoms with E-state index in [2.05, 4.69) is 68.6 Å². The summed E-state index contributed by atoms with van der Waals surface area (Å²) >= 11 is 0. The van der Waals surface area contributed by atoms with Gasteiger partial charge in [-0.3, -0.25) is 0 Å². The second-order valence-corrected chi connectivity index (χ2v) is 11.4. The van der Waals surface area contributed by atoms with Crippen LogP contribution in [0.1, 0.15) is 58.0 Å². The van der Waals surface area contributed by atoms with E-state index in [1.165, 1.54) is 41.5 Å². The predicted octanol–water partition coefficient (Wildman–Crippen LogP) is 9.21. The van der Waals surface area contributed by atoms with Crippen LogP contribution in [0.3, 0.4) is 0 Å². The Morgan fingerprint density at radius 2 is 1.49 bits per heavy atom. The average molecular weight is 461 g/mol. The zero-order chi connectivity index (χ0) is 28.2. The molecule has 2 bridgehead atoms. The monoisotopic (exact) mass is 460 g/mol. The van der Waals surface area contributed by atoms with Gasteiger partial charge >= 0.3 is 0 Å². The van der Waals surface area contributed by atoms with Gasteiger partial charge < -0.3 is 5.32 Å². The molecule has 2 fully saturated rings. The van der Waals surface area contributed by atoms with Gasteiger partial charge in [0, 0.05) is 16.8 Å². The van der Waals surface area contributed by atoms with Gasteiger partial charge in [0.15, 0.2) is 0 Å². The van der Waals surface area contributed by atoms with Gasteiger partial charge in [0.2, 0.25) is 0 Å². The SMILES string of the molecule is [2H]c1c([2H])c([2H])c(-c2ccc(Nc3ccc4c(c3)-c3ccccc3C43CC4CCC3(C)C4(C)C)cc2)c([2H])c1[2H]. The van der Waals surface area contributed by atoms with E-state index in [4.69, 9.17) is 6.85 Å². The summed E-state index contributed by atoms with van der Waals surface area (Å²) in [4.78, 5) is 0. The van der Waals surface area contributed by atoms with E-state index in [9.17, 15) is 0 Å². The number of hydrogen-bond donors (Lipinski definition) is 1. The molecular weight excluding hydrogens is 422 g/mol. The van der Waals surface area contributed by atoms with Crippen molar-refractivity contribution in [1.29, 1.82) is 0 Å². The van der Waals surface area contributed by atoms with Crippen molar-refractivity contribution in [1.82, 2.24) is 0 Å². The van der Waals surface area contributed by atoms with Crippen LogP contribution in [0, 0.1) is 16.7 Å². The van der Waals surface area contributed by atoms with Gasteiger partial charge in [-0.15, -0.1) is 0 Å². The number of anilines is 2. The molecule has 4 aromatic rings. The van der Waals surface area contributed by atoms with Crippen molar-refractivity contribution in [3.8, 4) is 22.3 Å². The molecule has 4 aromatic carbocycles. The normalized spacial score (nSPS) is 29.1. The van der Waals surface area contributed by atoms with Crippen LogP contribution in [-0.4, -0.2) is 0 Å². The molecule has 0 aromatic heterocycles. The van der Waals surface area contributed by atoms with Crippen molar-refractivity contribution in [3.05, 3.63) is 108 Å². The summed E-state index contributed by atoms with van der Waals surface area (Å²) in [7, 11) is 0. The Morgan fingerprint density at radius 3 is 2.20 bits per heavy atom. The maximum atomic E-state index is 8.29. The lowest BCUT2D eigenvalue weighted by Crippen LogP contribution is -2.44. The number of rotatable bonds is 3. The number of nitrogens with one attached hydrogen (secondary N) is 1. The molecule has 3 atom stereocenters. The second kappa shape index (κ2) is 7.10. The highest BCUT2D eigenvalue weighted by molar-refractivity contribution is 5.85. The Labute approximate surface area is 216 Å². The Balaban J connectivity index is 1.25. The quantitative estimate of drug-likeness (QED) is 0.321. The van der Waals surface area contributed by atoms with Crippen LogP contribution in [0.25, 0.3) is 22.3 Å². The first-order chi connectivity index (χ1) is 19.0. The first-order valence-corrected chi connectivity index (χ1v) is 12.7. The lowest BCUT2D eigenvalue weighted by Gasteiger charge is -2.48. The van der Waals surface area contributed by atoms with Gasteiger partial charge in [-0.1, -0.05) is 93.4 Å². The maximum absolute atomic E-state index is 8.29. The van der Waals surface area contributed by atoms with E-state index in [1.807, 2.05) is 24.3 Å². The van der Waals surface area contributed by atoms with Gasteiger partial charge in [-0.2, -0.15) is 0 Å². The summed E-state index contributed by atoms with van der Waals surface area (Å²) < 4.78 is 40.4. The van der Waals surface area contributed by atoms with Gasteiger partial charge in [0.1, 0.15) is 0 Å². The zero-order valence-electron chi connectivity index (χ0n) is 25.5. The molecule has 2 saturated carbocycles. The van der Waals surface area contributed by atoms with E-state index < -0.39 is 0 Å². The highest BCUT2D eigenvalue weighted by atomic mass is 14.9. The number of fused-ring (bicyclic) bond motifs is 8. The van der Waals surface area contributed by atoms with Gasteiger partial charge in [0.05, 0.1) is 6.85 Å². The standard InChI is InChI=1S/C34H33N/c1-32(2)25-19-20-33(32,3)34(22-25)30-12-8-7-11-28(30)29-21-27(17-18-31(29)34)35-26-15-13-24(14-16-26)23-9-5-4-6-10-23/h4-18,21,25,35H,19-20,22H2,1-3H3/i4D,5D,6D,9D,10D. The molecule has 1 heteroatoms. The topological polar surface area (TPSA) is 12.0 Å². The van der Waals surface area contributed by atoms with Crippen molar-refractivity contribution in [2.24, 2.45) is 16.7 Å². The fourth-order valence-electron chi connectivity index (χ4n) is 7.86. The summed E-state index contributed by atoms with van der Waals surface area (Å²) in [5.74, 6) is 0.732. The van der Waals surface area contributed by atoms with E-state index in [1.54, 1.807) is 0 Å². The number of hydrogen-bond acceptors (Lipinski definition) is 1. The maximum Gasteiger partial charge on any atom is 0.0629 e. The molecule has 3 aliphatic rings. The molecular formula is C34H33N. The van der Waals surface area contributed by atoms with Crippen LogP contribution in [0.15, 0.2) is 96.9 Å². The van der Waals surface area contributed by atoms with E-state index in [0.717, 1.165) is 17.3 Å². The van der Waals surface area contributed by atoms with Crippen LogP contribution in [0.2, 0.25) is 0 Å². The smallest absolute Gasteiger partial charge is 0.0629 e. The minimum atomic E-state index is -0.375. The van der Waals surface area contributed by atoms with Crippen LogP contribution in [0.5, 0.6) is 0 Å². The molecule has 0 heterocycles. The minimum Gasteiger partial charge on any atom is -0.356 e. The third-order valence-corrected chi connectivity index (χ3v) is 10.0. The van der Waals surface area contributed by atoms with E-state index in [0.29, 0.717) is 11.0 Å². The fraction of sp³-hybridized carbons (Fsp3) is 0.294. The highest BCUT2D eigenvalue weighted by Gasteiger charge is 2.71. The molecule has 0 radical (unpaired) electrons. The number of benzene rings is 4. The summed E-state index contributed by atoms with van der Waals surface area (Å²) in [6, 6.07) is 21.9. The van der Waals surface area contributed by atoms with E-state index in [-0.39, 0.29) is 46.6 Å². The van der Waals surface area contributed by atoms with Gasteiger partial charge in [-0.25, -0.2) is 0 Å². The van der Waals surface area contributed by atoms with E-state index >= 15 is 0 Å². The molecule has 1 nitrogen and oxygen atoms in total. The molecule has 35 heavy (non-hydrogen) atoms. The Kier molecular flexibility index (Phi) is 3.32. The first kappa shape index (κ1) is 16.4. The van der Waals surface area contributed by atoms with Crippen LogP contribution in [0.4, 0.5) is 11.4 Å². The van der Waals surface area contributed by atoms with Crippen LogP contribution in [-0.2, 0) is 5.41 Å². The van der Waals surface area contributed by atoms with Crippen molar-refractivity contribution in [2.45, 2.75) is 45.4 Å². The fourth-order valence-corrected chi connectivity index (χ4v) is 7.86. The molecule has 3 unspecified atom stereocenters. The molecule has 1 N–H and O–H groups in total. The average Bonchev–Trinajstić information content (AvgIpc) is 3.42. The Bertz CT molecular complexity index is 1680. The van der Waals surface area contributed by atoms with Gasteiger partial charge in [-0.05, 0) is 93.7 Å². The molecule has 7 rings (SSSR count). The first-order valence-electron chi connectivity index (χ1n) is 15.2. The van der Waals surface area contributed by atoms with Crippen LogP contribution >= 0.6 is 0 Å². The third-order valence-electron chi connectivity index (χ3n) is 10.0. The summed E-state index contributed by atoms with van der Waals surface area (Å²) in [5, 5.41) is 3.55. The van der Waals surface area contributed by atoms with Gasteiger partial charge in [0.25, 0.3) is 0 Å². The lowest BCUT2D eigenvalue weighted by atomic mass is 9.55. The third kappa shape index (κ3) is 2.64. The molecule has 0 aliphatic heterocycles. The van der Waals surface area contributed by atoms with Crippen molar-refractivity contribution in [3.63, 3.8) is 0 Å². The molecule has 174 valence electrons. The van der Waals surface area contributed by atoms with Crippen molar-refractivity contribution >= 4 is 11.4 Å².